The van der Waals surface area contributed by atoms with E-state index >= 15 is 0 Å². The molecule has 0 unspecified atom stereocenters. The Kier molecular flexibility index (Phi) is 8.39. The van der Waals surface area contributed by atoms with Crippen LogP contribution in [0.5, 0.6) is 0 Å². The van der Waals surface area contributed by atoms with Gasteiger partial charge in [-0.15, -0.1) is 11.3 Å². The highest BCUT2D eigenvalue weighted by Gasteiger charge is 2.17. The van der Waals surface area contributed by atoms with Gasteiger partial charge >= 0.3 is 0 Å². The Bertz CT molecular complexity index is 3580. The van der Waals surface area contributed by atoms with E-state index in [2.05, 4.69) is 229 Å². The number of hydrogen-bond donors (Lipinski definition) is 0. The second-order valence-electron chi connectivity index (χ2n) is 15.7. The maximum Gasteiger partial charge on any atom is 0.136 e. The first-order valence-electron chi connectivity index (χ1n) is 20.7. The van der Waals surface area contributed by atoms with Gasteiger partial charge in [-0.05, 0) is 134 Å². The maximum atomic E-state index is 6.33. The Labute approximate surface area is 357 Å². The minimum absolute atomic E-state index is 0.902. The lowest BCUT2D eigenvalue weighted by Gasteiger charge is -2.26. The number of furan rings is 1. The molecule has 0 aliphatic heterocycles. The molecule has 0 radical (unpaired) electrons. The minimum atomic E-state index is 0.902. The highest BCUT2D eigenvalue weighted by atomic mass is 32.1. The van der Waals surface area contributed by atoms with Gasteiger partial charge in [-0.1, -0.05) is 146 Å². The topological polar surface area (TPSA) is 16.4 Å². The van der Waals surface area contributed by atoms with Crippen molar-refractivity contribution < 1.29 is 4.42 Å². The van der Waals surface area contributed by atoms with Gasteiger partial charge in [-0.25, -0.2) is 0 Å². The summed E-state index contributed by atoms with van der Waals surface area (Å²) in [7, 11) is 0. The van der Waals surface area contributed by atoms with Gasteiger partial charge in [0.15, 0.2) is 0 Å². The first-order chi connectivity index (χ1) is 30.2. The number of thiophene rings is 1. The summed E-state index contributed by atoms with van der Waals surface area (Å²) in [5.41, 5.74) is 14.6. The molecule has 286 valence electrons. The second kappa shape index (κ2) is 14.5. The minimum Gasteiger partial charge on any atom is -0.456 e. The highest BCUT2D eigenvalue weighted by molar-refractivity contribution is 7.25. The third-order valence-electron chi connectivity index (χ3n) is 12.1. The molecule has 0 bridgehead atoms. The van der Waals surface area contributed by atoms with E-state index in [0.29, 0.717) is 0 Å². The van der Waals surface area contributed by atoms with Gasteiger partial charge in [-0.3, -0.25) is 0 Å². The zero-order valence-electron chi connectivity index (χ0n) is 33.1. The van der Waals surface area contributed by atoms with Crippen molar-refractivity contribution in [3.8, 4) is 44.5 Å². The van der Waals surface area contributed by atoms with E-state index in [4.69, 9.17) is 4.42 Å². The predicted molar refractivity (Wildman–Crippen MR) is 261 cm³/mol. The van der Waals surface area contributed by atoms with Gasteiger partial charge in [0.1, 0.15) is 11.2 Å². The number of nitrogens with zero attached hydrogens (tertiary/aromatic N) is 1. The molecule has 2 nitrogen and oxygen atoms in total. The van der Waals surface area contributed by atoms with E-state index in [-0.39, 0.29) is 0 Å². The lowest BCUT2D eigenvalue weighted by molar-refractivity contribution is 0.669. The molecular formula is C58H37NOS. The zero-order chi connectivity index (χ0) is 40.3. The summed E-state index contributed by atoms with van der Waals surface area (Å²) in [6.07, 6.45) is 0. The fourth-order valence-electron chi connectivity index (χ4n) is 9.02. The molecule has 3 heteroatoms. The number of fused-ring (bicyclic) bond motifs is 8. The van der Waals surface area contributed by atoms with Crippen molar-refractivity contribution in [2.75, 3.05) is 4.90 Å². The van der Waals surface area contributed by atoms with E-state index in [1.807, 2.05) is 11.3 Å². The van der Waals surface area contributed by atoms with Gasteiger partial charge < -0.3 is 9.32 Å². The Balaban J connectivity index is 0.942. The summed E-state index contributed by atoms with van der Waals surface area (Å²) < 4.78 is 8.97. The summed E-state index contributed by atoms with van der Waals surface area (Å²) in [6.45, 7) is 0. The van der Waals surface area contributed by atoms with Crippen LogP contribution in [0.4, 0.5) is 17.1 Å². The van der Waals surface area contributed by atoms with E-state index in [9.17, 15) is 0 Å². The second-order valence-corrected chi connectivity index (χ2v) is 16.8. The molecule has 0 aliphatic rings. The monoisotopic (exact) mass is 795 g/mol. The number of hydrogen-bond acceptors (Lipinski definition) is 3. The first kappa shape index (κ1) is 35.2. The third-order valence-corrected chi connectivity index (χ3v) is 13.2. The predicted octanol–water partition coefficient (Wildman–Crippen LogP) is 17.2. The quantitative estimate of drug-likeness (QED) is 0.160. The Morgan fingerprint density at radius 3 is 1.59 bits per heavy atom. The standard InChI is InChI=1S/C58H37NOS/c1-2-10-38(11-3-1)42-13-8-14-43(34-42)44-15-9-16-49(35-44)59(48-29-22-40(23-30-48)46-26-33-57-52(36-46)51-18-6-7-19-56(51)61-57)47-27-20-39(21-28-47)45-25-31-54-53(37-45)58-50-17-5-4-12-41(50)24-32-55(58)60-54/h1-37H. The van der Waals surface area contributed by atoms with Gasteiger partial charge in [0.25, 0.3) is 0 Å². The fraction of sp³-hybridized carbons (Fsp3) is 0. The summed E-state index contributed by atoms with van der Waals surface area (Å²) in [6, 6.07) is 81.2. The Morgan fingerprint density at radius 1 is 0.295 bits per heavy atom. The van der Waals surface area contributed by atoms with Crippen molar-refractivity contribution in [3.05, 3.63) is 224 Å². The SMILES string of the molecule is c1ccc(-c2cccc(-c3cccc(N(c4ccc(-c5ccc6sc7ccccc7c6c5)cc4)c4ccc(-c5ccc6oc7ccc8ccccc8c7c6c5)cc4)c3)c2)cc1. The molecule has 2 aromatic heterocycles. The van der Waals surface area contributed by atoms with Crippen LogP contribution < -0.4 is 4.90 Å². The zero-order valence-corrected chi connectivity index (χ0v) is 33.9. The molecule has 12 rings (SSSR count). The van der Waals surface area contributed by atoms with Crippen LogP contribution >= 0.6 is 11.3 Å². The normalized spacial score (nSPS) is 11.6. The smallest absolute Gasteiger partial charge is 0.136 e. The molecule has 0 fully saturated rings. The molecule has 0 N–H and O–H groups in total. The Hall–Kier alpha value is -7.72. The summed E-state index contributed by atoms with van der Waals surface area (Å²) >= 11 is 1.86. The van der Waals surface area contributed by atoms with E-state index in [1.165, 1.54) is 64.1 Å². The van der Waals surface area contributed by atoms with Crippen LogP contribution in [0.15, 0.2) is 229 Å². The summed E-state index contributed by atoms with van der Waals surface area (Å²) in [4.78, 5) is 2.37. The van der Waals surface area contributed by atoms with Gasteiger partial charge in [0.2, 0.25) is 0 Å². The van der Waals surface area contributed by atoms with Crippen molar-refractivity contribution in [1.82, 2.24) is 0 Å². The van der Waals surface area contributed by atoms with Crippen molar-refractivity contribution in [2.45, 2.75) is 0 Å². The molecular weight excluding hydrogens is 759 g/mol. The molecule has 0 atom stereocenters. The average molecular weight is 796 g/mol. The van der Waals surface area contributed by atoms with Gasteiger partial charge in [-0.2, -0.15) is 0 Å². The molecule has 61 heavy (non-hydrogen) atoms. The van der Waals surface area contributed by atoms with Crippen LogP contribution in [0.1, 0.15) is 0 Å². The molecule has 0 aliphatic carbocycles. The number of rotatable bonds is 7. The molecule has 2 heterocycles. The molecule has 12 aromatic rings. The summed E-state index contributed by atoms with van der Waals surface area (Å²) in [5.74, 6) is 0. The van der Waals surface area contributed by atoms with E-state index < -0.39 is 0 Å². The molecule has 0 saturated carbocycles. The van der Waals surface area contributed by atoms with Crippen LogP contribution in [0.2, 0.25) is 0 Å². The average Bonchev–Trinajstić information content (AvgIpc) is 3.91. The van der Waals surface area contributed by atoms with Gasteiger partial charge in [0, 0.05) is 48.0 Å². The van der Waals surface area contributed by atoms with Crippen LogP contribution in [0.3, 0.4) is 0 Å². The van der Waals surface area contributed by atoms with Crippen molar-refractivity contribution >= 4 is 81.3 Å². The van der Waals surface area contributed by atoms with Crippen LogP contribution in [-0.4, -0.2) is 0 Å². The third kappa shape index (κ3) is 6.26. The first-order valence-corrected chi connectivity index (χ1v) is 21.5. The van der Waals surface area contributed by atoms with Gasteiger partial charge in [0.05, 0.1) is 0 Å². The molecule has 0 spiro atoms. The van der Waals surface area contributed by atoms with Crippen LogP contribution in [0.25, 0.3) is 97.4 Å². The largest absolute Gasteiger partial charge is 0.456 e. The lowest BCUT2D eigenvalue weighted by atomic mass is 9.98. The van der Waals surface area contributed by atoms with Crippen LogP contribution in [-0.2, 0) is 0 Å². The Morgan fingerprint density at radius 2 is 0.820 bits per heavy atom. The van der Waals surface area contributed by atoms with Crippen molar-refractivity contribution in [1.29, 1.82) is 0 Å². The van der Waals surface area contributed by atoms with Crippen molar-refractivity contribution in [2.24, 2.45) is 0 Å². The number of benzene rings is 10. The van der Waals surface area contributed by atoms with E-state index in [0.717, 1.165) is 50.3 Å². The fourth-order valence-corrected chi connectivity index (χ4v) is 10.1. The van der Waals surface area contributed by atoms with Crippen LogP contribution in [0, 0.1) is 0 Å². The highest BCUT2D eigenvalue weighted by Crippen LogP contribution is 2.42. The van der Waals surface area contributed by atoms with E-state index in [1.54, 1.807) is 0 Å². The molecule has 0 saturated heterocycles. The molecule has 0 amide bonds. The maximum absolute atomic E-state index is 6.33. The molecule has 10 aromatic carbocycles. The summed E-state index contributed by atoms with van der Waals surface area (Å²) in [5, 5.41) is 7.35. The van der Waals surface area contributed by atoms with Crippen molar-refractivity contribution in [3.63, 3.8) is 0 Å². The lowest BCUT2D eigenvalue weighted by Crippen LogP contribution is -2.10. The number of anilines is 3.